The third kappa shape index (κ3) is 5.78. The molecule has 0 amide bonds. The van der Waals surface area contributed by atoms with E-state index < -0.39 is 10.0 Å². The van der Waals surface area contributed by atoms with Crippen molar-refractivity contribution in [2.45, 2.75) is 50.9 Å². The van der Waals surface area contributed by atoms with Gasteiger partial charge in [-0.25, -0.2) is 18.5 Å². The number of aliphatic imine (C=N–C) groups is 1. The molecule has 2 aromatic heterocycles. The highest BCUT2D eigenvalue weighted by molar-refractivity contribution is 7.91. The average Bonchev–Trinajstić information content (AvgIpc) is 3.14. The summed E-state index contributed by atoms with van der Waals surface area (Å²) in [4.78, 5) is 5.40. The summed E-state index contributed by atoms with van der Waals surface area (Å²) in [7, 11) is -1.71. The molecule has 4 N–H and O–H groups in total. The molecule has 150 valence electrons. The van der Waals surface area contributed by atoms with E-state index in [1.807, 2.05) is 25.6 Å². The first-order chi connectivity index (χ1) is 12.6. The summed E-state index contributed by atoms with van der Waals surface area (Å²) < 4.78 is 24.8. The maximum Gasteiger partial charge on any atom is 0.247 e. The zero-order valence-corrected chi connectivity index (χ0v) is 18.0. The van der Waals surface area contributed by atoms with Gasteiger partial charge in [0.25, 0.3) is 0 Å². The van der Waals surface area contributed by atoms with E-state index in [1.165, 1.54) is 11.6 Å². The Kier molecular flexibility index (Phi) is 7.01. The van der Waals surface area contributed by atoms with Crippen molar-refractivity contribution in [2.24, 2.45) is 17.2 Å². The Balaban J connectivity index is 2.05. The fourth-order valence-corrected chi connectivity index (χ4v) is 4.48. The Morgan fingerprint density at radius 1 is 1.41 bits per heavy atom. The van der Waals surface area contributed by atoms with Gasteiger partial charge < -0.3 is 10.6 Å². The van der Waals surface area contributed by atoms with Crippen LogP contribution < -0.4 is 15.8 Å². The van der Waals surface area contributed by atoms with E-state index >= 15 is 0 Å². The lowest BCUT2D eigenvalue weighted by molar-refractivity contribution is 0.600. The molecule has 0 saturated carbocycles. The molecule has 0 aromatic carbocycles. The van der Waals surface area contributed by atoms with Gasteiger partial charge >= 0.3 is 0 Å². The molecule has 0 radical (unpaired) electrons. The highest BCUT2D eigenvalue weighted by atomic mass is 32.2. The fraction of sp³-hybridized carbons (Fsp3) is 0.529. The molecule has 2 heterocycles. The SMILES string of the molecule is CCNC(=NCc1ccc(S(N)(=O)=O)s1)NC(C)Cc1c(C)nn(C)c1C. The molecule has 0 bridgehead atoms. The standard InChI is InChI=1S/C17H28N6O2S2/c1-6-19-17(20-10-14-7-8-16(26-14)27(18,24)25)21-11(2)9-15-12(3)22-23(5)13(15)4/h7-8,11H,6,9-10H2,1-5H3,(H2,18,24,25)(H2,19,20,21). The maximum atomic E-state index is 11.4. The molecule has 2 rings (SSSR count). The van der Waals surface area contributed by atoms with E-state index in [4.69, 9.17) is 5.14 Å². The number of sulfonamides is 1. The van der Waals surface area contributed by atoms with Gasteiger partial charge in [0.2, 0.25) is 10.0 Å². The molecule has 0 spiro atoms. The van der Waals surface area contributed by atoms with Crippen molar-refractivity contribution < 1.29 is 8.42 Å². The van der Waals surface area contributed by atoms with Crippen LogP contribution in [0.15, 0.2) is 21.3 Å². The van der Waals surface area contributed by atoms with Gasteiger partial charge in [-0.2, -0.15) is 5.10 Å². The number of nitrogens with zero attached hydrogens (tertiary/aromatic N) is 3. The molecule has 0 saturated heterocycles. The lowest BCUT2D eigenvalue weighted by Gasteiger charge is -2.18. The Bertz CT molecular complexity index is 914. The predicted molar refractivity (Wildman–Crippen MR) is 109 cm³/mol. The highest BCUT2D eigenvalue weighted by Gasteiger charge is 2.14. The zero-order chi connectivity index (χ0) is 20.2. The third-order valence-electron chi connectivity index (χ3n) is 4.21. The van der Waals surface area contributed by atoms with Crippen LogP contribution in [-0.4, -0.2) is 36.7 Å². The molecule has 27 heavy (non-hydrogen) atoms. The summed E-state index contributed by atoms with van der Waals surface area (Å²) in [6, 6.07) is 3.41. The number of aryl methyl sites for hydroxylation is 2. The quantitative estimate of drug-likeness (QED) is 0.470. The molecule has 1 atom stereocenters. The zero-order valence-electron chi connectivity index (χ0n) is 16.4. The molecular weight excluding hydrogens is 384 g/mol. The van der Waals surface area contributed by atoms with Crippen LogP contribution in [0.5, 0.6) is 0 Å². The first-order valence-electron chi connectivity index (χ1n) is 8.77. The average molecular weight is 413 g/mol. The number of nitrogens with one attached hydrogen (secondary N) is 2. The summed E-state index contributed by atoms with van der Waals surface area (Å²) >= 11 is 1.14. The van der Waals surface area contributed by atoms with Gasteiger partial charge in [-0.05, 0) is 51.8 Å². The van der Waals surface area contributed by atoms with E-state index in [-0.39, 0.29) is 10.3 Å². The van der Waals surface area contributed by atoms with Crippen LogP contribution in [0.25, 0.3) is 0 Å². The molecule has 1 unspecified atom stereocenters. The van der Waals surface area contributed by atoms with Crippen molar-refractivity contribution in [1.82, 2.24) is 20.4 Å². The summed E-state index contributed by atoms with van der Waals surface area (Å²) in [5.74, 6) is 0.690. The number of primary sulfonamides is 1. The summed E-state index contributed by atoms with van der Waals surface area (Å²) in [5.41, 5.74) is 3.45. The fourth-order valence-electron chi connectivity index (χ4n) is 2.78. The summed E-state index contributed by atoms with van der Waals surface area (Å²) in [5, 5.41) is 16.2. The Morgan fingerprint density at radius 3 is 2.63 bits per heavy atom. The molecule has 2 aromatic rings. The topological polar surface area (TPSA) is 114 Å². The van der Waals surface area contributed by atoms with Crippen molar-refractivity contribution in [3.63, 3.8) is 0 Å². The second-order valence-corrected chi connectivity index (χ2v) is 9.44. The number of rotatable bonds is 7. The lowest BCUT2D eigenvalue weighted by atomic mass is 10.1. The summed E-state index contributed by atoms with van der Waals surface area (Å²) in [6.45, 7) is 9.31. The molecule has 0 aliphatic carbocycles. The highest BCUT2D eigenvalue weighted by Crippen LogP contribution is 2.21. The number of nitrogens with two attached hydrogens (primary N) is 1. The van der Waals surface area contributed by atoms with Gasteiger partial charge in [0.1, 0.15) is 4.21 Å². The van der Waals surface area contributed by atoms with Crippen molar-refractivity contribution in [3.05, 3.63) is 34.0 Å². The van der Waals surface area contributed by atoms with E-state index in [9.17, 15) is 8.42 Å². The Hall–Kier alpha value is -1.91. The van der Waals surface area contributed by atoms with Crippen molar-refractivity contribution in [2.75, 3.05) is 6.54 Å². The number of aromatic nitrogens is 2. The van der Waals surface area contributed by atoms with E-state index in [0.29, 0.717) is 12.5 Å². The second-order valence-electron chi connectivity index (χ2n) is 6.48. The van der Waals surface area contributed by atoms with E-state index in [2.05, 4.69) is 34.6 Å². The van der Waals surface area contributed by atoms with Gasteiger partial charge in [-0.15, -0.1) is 11.3 Å². The number of hydrogen-bond acceptors (Lipinski definition) is 5. The molecule has 0 aliphatic heterocycles. The Morgan fingerprint density at radius 2 is 2.11 bits per heavy atom. The minimum atomic E-state index is -3.66. The van der Waals surface area contributed by atoms with Gasteiger partial charge in [-0.1, -0.05) is 0 Å². The molecule has 0 fully saturated rings. The lowest BCUT2D eigenvalue weighted by Crippen LogP contribution is -2.43. The van der Waals surface area contributed by atoms with Crippen LogP contribution in [-0.2, 0) is 30.0 Å². The van der Waals surface area contributed by atoms with Gasteiger partial charge in [0.05, 0.1) is 12.2 Å². The van der Waals surface area contributed by atoms with E-state index in [0.717, 1.165) is 40.6 Å². The second kappa shape index (κ2) is 8.85. The van der Waals surface area contributed by atoms with Crippen LogP contribution in [0, 0.1) is 13.8 Å². The first-order valence-corrected chi connectivity index (χ1v) is 11.1. The predicted octanol–water partition coefficient (Wildman–Crippen LogP) is 1.43. The van der Waals surface area contributed by atoms with Crippen molar-refractivity contribution in [1.29, 1.82) is 0 Å². The normalized spacial score (nSPS) is 13.6. The van der Waals surface area contributed by atoms with Crippen molar-refractivity contribution in [3.8, 4) is 0 Å². The number of thiophene rings is 1. The first kappa shape index (κ1) is 21.4. The minimum Gasteiger partial charge on any atom is -0.357 e. The number of hydrogen-bond donors (Lipinski definition) is 3. The van der Waals surface area contributed by atoms with Crippen LogP contribution in [0.3, 0.4) is 0 Å². The summed E-state index contributed by atoms with van der Waals surface area (Å²) in [6.07, 6.45) is 0.838. The molecule has 0 aliphatic rings. The van der Waals surface area contributed by atoms with E-state index in [1.54, 1.807) is 6.07 Å². The maximum absolute atomic E-state index is 11.4. The smallest absolute Gasteiger partial charge is 0.247 e. The number of guanidine groups is 1. The van der Waals surface area contributed by atoms with Gasteiger partial charge in [-0.3, -0.25) is 4.68 Å². The monoisotopic (exact) mass is 412 g/mol. The molecule has 8 nitrogen and oxygen atoms in total. The Labute approximate surface area is 164 Å². The van der Waals surface area contributed by atoms with Crippen LogP contribution in [0.1, 0.15) is 35.7 Å². The van der Waals surface area contributed by atoms with Crippen molar-refractivity contribution >= 4 is 27.3 Å². The van der Waals surface area contributed by atoms with Gasteiger partial charge in [0.15, 0.2) is 5.96 Å². The van der Waals surface area contributed by atoms with Gasteiger partial charge in [0, 0.05) is 30.2 Å². The minimum absolute atomic E-state index is 0.154. The molecule has 10 heteroatoms. The largest absolute Gasteiger partial charge is 0.357 e. The molecular formula is C17H28N6O2S2. The van der Waals surface area contributed by atoms with Crippen LogP contribution in [0.2, 0.25) is 0 Å². The van der Waals surface area contributed by atoms with Crippen LogP contribution >= 0.6 is 11.3 Å². The van der Waals surface area contributed by atoms with Crippen LogP contribution in [0.4, 0.5) is 0 Å². The third-order valence-corrected chi connectivity index (χ3v) is 6.72.